The highest BCUT2D eigenvalue weighted by atomic mass is 35.5. The maximum Gasteiger partial charge on any atom is 0.221 e. The Morgan fingerprint density at radius 1 is 0.913 bits per heavy atom. The maximum absolute atomic E-state index is 11.9. The molecule has 0 aliphatic carbocycles. The highest BCUT2D eigenvalue weighted by molar-refractivity contribution is 5.85. The molecule has 0 fully saturated rings. The smallest absolute Gasteiger partial charge is 0.221 e. The topological polar surface area (TPSA) is 91.0 Å². The van der Waals surface area contributed by atoms with Gasteiger partial charge in [0.15, 0.2) is 5.96 Å². The normalized spacial score (nSPS) is 11.4. The van der Waals surface area contributed by atoms with E-state index in [4.69, 9.17) is 11.1 Å². The van der Waals surface area contributed by atoms with E-state index in [1.807, 2.05) is 6.92 Å². The molecule has 0 aromatic rings. The minimum Gasteiger partial charge on any atom is -0.370 e. The molecule has 0 heterocycles. The number of hydrogen-bond donors (Lipinski definition) is 4. The summed E-state index contributed by atoms with van der Waals surface area (Å²) in [4.78, 5) is 11.9. The van der Waals surface area contributed by atoms with Gasteiger partial charge in [0, 0.05) is 6.42 Å². The van der Waals surface area contributed by atoms with Gasteiger partial charge in [0.2, 0.25) is 5.91 Å². The van der Waals surface area contributed by atoms with Gasteiger partial charge >= 0.3 is 0 Å². The Hall–Kier alpha value is -0.970. The molecule has 1 unspecified atom stereocenters. The summed E-state index contributed by atoms with van der Waals surface area (Å²) in [7, 11) is 0. The molecule has 0 saturated carbocycles. The van der Waals surface area contributed by atoms with Crippen molar-refractivity contribution in [3.63, 3.8) is 0 Å². The van der Waals surface area contributed by atoms with Crippen LogP contribution in [-0.2, 0) is 4.79 Å². The van der Waals surface area contributed by atoms with Crippen molar-refractivity contribution < 1.29 is 4.79 Å². The zero-order valence-corrected chi connectivity index (χ0v) is 15.8. The predicted molar refractivity (Wildman–Crippen MR) is 101 cm³/mol. The Balaban J connectivity index is 0. The lowest BCUT2D eigenvalue weighted by Crippen LogP contribution is -2.49. The quantitative estimate of drug-likeness (QED) is 0.165. The van der Waals surface area contributed by atoms with Crippen molar-refractivity contribution in [1.82, 2.24) is 10.6 Å². The highest BCUT2D eigenvalue weighted by Gasteiger charge is 2.10. The molecule has 1 amide bonds. The van der Waals surface area contributed by atoms with E-state index in [9.17, 15) is 4.79 Å². The van der Waals surface area contributed by atoms with Crippen molar-refractivity contribution >= 4 is 24.3 Å². The van der Waals surface area contributed by atoms with E-state index in [2.05, 4.69) is 17.6 Å². The van der Waals surface area contributed by atoms with Gasteiger partial charge in [-0.05, 0) is 12.8 Å². The van der Waals surface area contributed by atoms with Crippen molar-refractivity contribution in [2.24, 2.45) is 5.73 Å². The van der Waals surface area contributed by atoms with Gasteiger partial charge in [0.1, 0.15) is 6.17 Å². The first kappa shape index (κ1) is 24.3. The number of nitrogens with one attached hydrogen (secondary N) is 3. The van der Waals surface area contributed by atoms with Crippen molar-refractivity contribution in [1.29, 1.82) is 5.41 Å². The van der Waals surface area contributed by atoms with E-state index < -0.39 is 0 Å². The second-order valence-corrected chi connectivity index (χ2v) is 6.05. The molecular formula is C17H37ClN4O. The van der Waals surface area contributed by atoms with Crippen LogP contribution in [0.4, 0.5) is 0 Å². The van der Waals surface area contributed by atoms with E-state index in [-0.39, 0.29) is 30.4 Å². The third-order valence-electron chi connectivity index (χ3n) is 3.75. The Kier molecular flexibility index (Phi) is 18.4. The van der Waals surface area contributed by atoms with Gasteiger partial charge in [0.05, 0.1) is 0 Å². The summed E-state index contributed by atoms with van der Waals surface area (Å²) in [5, 5.41) is 12.9. The summed E-state index contributed by atoms with van der Waals surface area (Å²) in [5.41, 5.74) is 5.32. The van der Waals surface area contributed by atoms with Gasteiger partial charge in [-0.15, -0.1) is 12.4 Å². The monoisotopic (exact) mass is 348 g/mol. The molecular weight excluding hydrogens is 312 g/mol. The molecule has 0 aliphatic heterocycles. The number of carbonyl (C=O) groups excluding carboxylic acids is 1. The largest absolute Gasteiger partial charge is 0.370 e. The van der Waals surface area contributed by atoms with E-state index in [0.29, 0.717) is 6.42 Å². The van der Waals surface area contributed by atoms with E-state index >= 15 is 0 Å². The van der Waals surface area contributed by atoms with Gasteiger partial charge < -0.3 is 16.4 Å². The first-order valence-electron chi connectivity index (χ1n) is 9.00. The number of unbranched alkanes of at least 4 members (excludes halogenated alkanes) is 8. The average Bonchev–Trinajstić information content (AvgIpc) is 2.45. The first-order chi connectivity index (χ1) is 10.6. The molecule has 0 aromatic heterocycles. The highest BCUT2D eigenvalue weighted by Crippen LogP contribution is 2.10. The molecule has 0 rings (SSSR count). The van der Waals surface area contributed by atoms with E-state index in [1.54, 1.807) is 0 Å². The molecule has 138 valence electrons. The van der Waals surface area contributed by atoms with Crippen LogP contribution in [0.2, 0.25) is 0 Å². The van der Waals surface area contributed by atoms with Crippen molar-refractivity contribution in [2.45, 2.75) is 97.1 Å². The van der Waals surface area contributed by atoms with Gasteiger partial charge in [0.25, 0.3) is 0 Å². The van der Waals surface area contributed by atoms with Crippen LogP contribution in [0.1, 0.15) is 90.9 Å². The lowest BCUT2D eigenvalue weighted by atomic mass is 10.1. The summed E-state index contributed by atoms with van der Waals surface area (Å²) < 4.78 is 0. The summed E-state index contributed by atoms with van der Waals surface area (Å²) in [6.07, 6.45) is 13.3. The minimum absolute atomic E-state index is 0. The molecule has 6 heteroatoms. The van der Waals surface area contributed by atoms with Gasteiger partial charge in [-0.1, -0.05) is 71.6 Å². The Morgan fingerprint density at radius 3 is 1.91 bits per heavy atom. The Morgan fingerprint density at radius 2 is 1.43 bits per heavy atom. The second-order valence-electron chi connectivity index (χ2n) is 6.05. The fourth-order valence-corrected chi connectivity index (χ4v) is 2.52. The minimum atomic E-state index is -0.214. The van der Waals surface area contributed by atoms with Gasteiger partial charge in [-0.25, -0.2) is 0 Å². The van der Waals surface area contributed by atoms with Crippen LogP contribution < -0.4 is 16.4 Å². The van der Waals surface area contributed by atoms with Crippen LogP contribution >= 0.6 is 12.4 Å². The number of carbonyl (C=O) groups is 1. The average molecular weight is 349 g/mol. The van der Waals surface area contributed by atoms with E-state index in [1.165, 1.54) is 44.9 Å². The standard InChI is InChI=1S/C17H36N4O.ClH/c1-3-5-6-7-8-9-10-11-12-14-16(22)20-15(13-4-2)21-17(18)19;/h15H,3-14H2,1-2H3,(H,20,22)(H4,18,19,21);1H. The number of nitrogens with two attached hydrogens (primary N) is 1. The molecule has 0 bridgehead atoms. The maximum atomic E-state index is 11.9. The van der Waals surface area contributed by atoms with Crippen LogP contribution in [0.25, 0.3) is 0 Å². The molecule has 23 heavy (non-hydrogen) atoms. The van der Waals surface area contributed by atoms with Crippen LogP contribution in [0, 0.1) is 5.41 Å². The van der Waals surface area contributed by atoms with Crippen LogP contribution in [-0.4, -0.2) is 18.0 Å². The lowest BCUT2D eigenvalue weighted by molar-refractivity contribution is -0.122. The zero-order valence-electron chi connectivity index (χ0n) is 15.0. The molecule has 5 nitrogen and oxygen atoms in total. The third-order valence-corrected chi connectivity index (χ3v) is 3.75. The van der Waals surface area contributed by atoms with Crippen LogP contribution in [0.3, 0.4) is 0 Å². The summed E-state index contributed by atoms with van der Waals surface area (Å²) >= 11 is 0. The Labute approximate surface area is 148 Å². The molecule has 1 atom stereocenters. The fourth-order valence-electron chi connectivity index (χ4n) is 2.52. The molecule has 5 N–H and O–H groups in total. The summed E-state index contributed by atoms with van der Waals surface area (Å²) in [6.45, 7) is 4.28. The second kappa shape index (κ2) is 17.4. The SMILES string of the molecule is CCCCCCCCCCCC(=O)NC(CCC)NC(=N)N.Cl. The fraction of sp³-hybridized carbons (Fsp3) is 0.882. The van der Waals surface area contributed by atoms with Crippen molar-refractivity contribution in [3.8, 4) is 0 Å². The number of hydrogen-bond acceptors (Lipinski definition) is 2. The molecule has 0 radical (unpaired) electrons. The van der Waals surface area contributed by atoms with Gasteiger partial charge in [-0.3, -0.25) is 10.2 Å². The molecule has 0 spiro atoms. The molecule has 0 aliphatic rings. The first-order valence-corrected chi connectivity index (χ1v) is 9.00. The molecule has 0 aromatic carbocycles. The predicted octanol–water partition coefficient (Wildman–Crippen LogP) is 4.05. The summed E-state index contributed by atoms with van der Waals surface area (Å²) in [6, 6.07) is 0. The van der Waals surface area contributed by atoms with Gasteiger partial charge in [-0.2, -0.15) is 0 Å². The Bertz CT molecular complexity index is 300. The zero-order chi connectivity index (χ0) is 16.6. The van der Waals surface area contributed by atoms with Crippen LogP contribution in [0.5, 0.6) is 0 Å². The van der Waals surface area contributed by atoms with Crippen LogP contribution in [0.15, 0.2) is 0 Å². The lowest BCUT2D eigenvalue weighted by Gasteiger charge is -2.19. The molecule has 0 saturated heterocycles. The number of guanidine groups is 1. The number of rotatable bonds is 14. The number of halogens is 1. The summed E-state index contributed by atoms with van der Waals surface area (Å²) in [5.74, 6) is -0.0445. The number of amides is 1. The van der Waals surface area contributed by atoms with Crippen molar-refractivity contribution in [2.75, 3.05) is 0 Å². The third kappa shape index (κ3) is 17.2. The van der Waals surface area contributed by atoms with Crippen molar-refractivity contribution in [3.05, 3.63) is 0 Å². The van der Waals surface area contributed by atoms with E-state index in [0.717, 1.165) is 25.7 Å².